The molecule has 0 amide bonds. The molecule has 1 aromatic heterocycles. The molecule has 0 aliphatic heterocycles. The molecule has 2 rings (SSSR count). The van der Waals surface area contributed by atoms with Gasteiger partial charge in [0.05, 0.1) is 0 Å². The minimum Gasteiger partial charge on any atom is -0.456 e. The molecule has 15 heavy (non-hydrogen) atoms. The number of furan rings is 1. The van der Waals surface area contributed by atoms with E-state index in [0.29, 0.717) is 6.54 Å². The van der Waals surface area contributed by atoms with E-state index in [1.54, 1.807) is 0 Å². The summed E-state index contributed by atoms with van der Waals surface area (Å²) in [7, 11) is 0. The first-order chi connectivity index (χ1) is 7.20. The van der Waals surface area contributed by atoms with Crippen molar-refractivity contribution in [3.05, 3.63) is 40.6 Å². The number of benzene rings is 1. The summed E-state index contributed by atoms with van der Waals surface area (Å²) in [5.74, 6) is 0.883. The van der Waals surface area contributed by atoms with Gasteiger partial charge in [-0.3, -0.25) is 0 Å². The molecule has 0 aliphatic carbocycles. The third-order valence-corrected chi connectivity index (χ3v) is 2.78. The predicted octanol–water partition coefficient (Wildman–Crippen LogP) is 3.56. The molecule has 0 spiro atoms. The second kappa shape index (κ2) is 4.21. The van der Waals surface area contributed by atoms with Crippen molar-refractivity contribution in [1.29, 1.82) is 0 Å². The summed E-state index contributed by atoms with van der Waals surface area (Å²) in [6, 6.07) is 8.00. The maximum atomic E-state index is 5.69. The van der Waals surface area contributed by atoms with Crippen molar-refractivity contribution in [1.82, 2.24) is 0 Å². The van der Waals surface area contributed by atoms with Gasteiger partial charge in [0.15, 0.2) is 0 Å². The number of fused-ring (bicyclic) bond motifs is 1. The van der Waals surface area contributed by atoms with Crippen molar-refractivity contribution < 1.29 is 4.42 Å². The Morgan fingerprint density at radius 1 is 1.47 bits per heavy atom. The summed E-state index contributed by atoms with van der Waals surface area (Å²) in [5, 5.41) is 1.10. The topological polar surface area (TPSA) is 39.2 Å². The van der Waals surface area contributed by atoms with E-state index in [1.807, 2.05) is 37.3 Å². The fourth-order valence-electron chi connectivity index (χ4n) is 1.49. The van der Waals surface area contributed by atoms with Crippen LogP contribution in [0.5, 0.6) is 0 Å². The Hall–Kier alpha value is -1.06. The first-order valence-corrected chi connectivity index (χ1v) is 5.56. The van der Waals surface area contributed by atoms with Crippen LogP contribution in [0.2, 0.25) is 0 Å². The molecular weight excluding hydrogens is 254 g/mol. The Balaban J connectivity index is 2.52. The molecule has 0 radical (unpaired) electrons. The molecule has 3 heteroatoms. The second-order valence-electron chi connectivity index (χ2n) is 3.42. The number of nitrogens with two attached hydrogens (primary N) is 1. The van der Waals surface area contributed by atoms with Gasteiger partial charge in [-0.15, -0.1) is 0 Å². The molecule has 1 aromatic carbocycles. The van der Waals surface area contributed by atoms with E-state index in [0.717, 1.165) is 26.8 Å². The molecule has 0 saturated heterocycles. The Morgan fingerprint density at radius 3 is 3.00 bits per heavy atom. The quantitative estimate of drug-likeness (QED) is 0.902. The van der Waals surface area contributed by atoms with E-state index in [2.05, 4.69) is 15.9 Å². The lowest BCUT2D eigenvalue weighted by Gasteiger charge is -1.93. The van der Waals surface area contributed by atoms with Crippen LogP contribution in [0.3, 0.4) is 0 Å². The van der Waals surface area contributed by atoms with E-state index < -0.39 is 0 Å². The summed E-state index contributed by atoms with van der Waals surface area (Å²) in [5.41, 5.74) is 7.43. The van der Waals surface area contributed by atoms with Gasteiger partial charge in [0.2, 0.25) is 0 Å². The number of rotatable bonds is 2. The van der Waals surface area contributed by atoms with E-state index in [1.165, 1.54) is 0 Å². The summed E-state index contributed by atoms with van der Waals surface area (Å²) < 4.78 is 6.75. The first kappa shape index (κ1) is 10.5. The van der Waals surface area contributed by atoms with Crippen LogP contribution < -0.4 is 5.73 Å². The zero-order chi connectivity index (χ0) is 10.8. The van der Waals surface area contributed by atoms with Gasteiger partial charge in [0, 0.05) is 16.4 Å². The van der Waals surface area contributed by atoms with E-state index in [4.69, 9.17) is 10.2 Å². The maximum Gasteiger partial charge on any atom is 0.134 e. The van der Waals surface area contributed by atoms with Gasteiger partial charge >= 0.3 is 0 Å². The monoisotopic (exact) mass is 265 g/mol. The zero-order valence-corrected chi connectivity index (χ0v) is 10.0. The average molecular weight is 266 g/mol. The summed E-state index contributed by atoms with van der Waals surface area (Å²) in [4.78, 5) is 0. The highest BCUT2D eigenvalue weighted by atomic mass is 79.9. The fourth-order valence-corrected chi connectivity index (χ4v) is 1.86. The van der Waals surface area contributed by atoms with Crippen LogP contribution in [0.1, 0.15) is 12.7 Å². The summed E-state index contributed by atoms with van der Waals surface area (Å²) in [6.07, 6.45) is 1.95. The third-order valence-electron chi connectivity index (χ3n) is 2.29. The van der Waals surface area contributed by atoms with Crippen molar-refractivity contribution in [3.8, 4) is 0 Å². The molecular formula is C12H12BrNO. The number of halogens is 1. The lowest BCUT2D eigenvalue weighted by molar-refractivity contribution is 0.599. The van der Waals surface area contributed by atoms with Gasteiger partial charge in [-0.25, -0.2) is 0 Å². The normalized spacial score (nSPS) is 12.3. The van der Waals surface area contributed by atoms with E-state index >= 15 is 0 Å². The molecule has 0 bridgehead atoms. The average Bonchev–Trinajstić information content (AvgIpc) is 2.60. The molecule has 2 N–H and O–H groups in total. The minimum absolute atomic E-state index is 0.534. The van der Waals surface area contributed by atoms with Gasteiger partial charge in [-0.1, -0.05) is 22.0 Å². The fraction of sp³-hybridized carbons (Fsp3) is 0.167. The molecule has 2 aromatic rings. The van der Waals surface area contributed by atoms with Gasteiger partial charge < -0.3 is 10.2 Å². The Morgan fingerprint density at radius 2 is 2.27 bits per heavy atom. The number of allylic oxidation sites excluding steroid dienone is 1. The van der Waals surface area contributed by atoms with Gasteiger partial charge in [0.1, 0.15) is 11.3 Å². The largest absolute Gasteiger partial charge is 0.456 e. The van der Waals surface area contributed by atoms with Crippen LogP contribution in [0, 0.1) is 0 Å². The van der Waals surface area contributed by atoms with Crippen molar-refractivity contribution in [3.63, 3.8) is 0 Å². The molecule has 0 aliphatic rings. The van der Waals surface area contributed by atoms with E-state index in [9.17, 15) is 0 Å². The number of hydrogen-bond donors (Lipinski definition) is 1. The molecule has 0 atom stereocenters. The van der Waals surface area contributed by atoms with Crippen LogP contribution in [0.4, 0.5) is 0 Å². The predicted molar refractivity (Wildman–Crippen MR) is 66.6 cm³/mol. The Labute approximate surface area is 96.9 Å². The summed E-state index contributed by atoms with van der Waals surface area (Å²) >= 11 is 3.43. The Bertz CT molecular complexity index is 513. The van der Waals surface area contributed by atoms with Crippen LogP contribution in [-0.2, 0) is 0 Å². The van der Waals surface area contributed by atoms with Crippen molar-refractivity contribution in [2.24, 2.45) is 5.73 Å². The smallest absolute Gasteiger partial charge is 0.134 e. The minimum atomic E-state index is 0.534. The van der Waals surface area contributed by atoms with Crippen LogP contribution >= 0.6 is 15.9 Å². The lowest BCUT2D eigenvalue weighted by atomic mass is 10.2. The van der Waals surface area contributed by atoms with Crippen molar-refractivity contribution >= 4 is 32.5 Å². The highest BCUT2D eigenvalue weighted by Crippen LogP contribution is 2.26. The van der Waals surface area contributed by atoms with Crippen LogP contribution in [0.25, 0.3) is 16.5 Å². The number of hydrogen-bond acceptors (Lipinski definition) is 2. The molecule has 0 fully saturated rings. The van der Waals surface area contributed by atoms with Crippen LogP contribution in [0.15, 0.2) is 39.2 Å². The zero-order valence-electron chi connectivity index (χ0n) is 8.46. The van der Waals surface area contributed by atoms with Crippen LogP contribution in [-0.4, -0.2) is 6.54 Å². The van der Waals surface area contributed by atoms with Gasteiger partial charge in [-0.2, -0.15) is 0 Å². The highest BCUT2D eigenvalue weighted by Gasteiger charge is 2.04. The third kappa shape index (κ3) is 2.13. The van der Waals surface area contributed by atoms with Gasteiger partial charge in [-0.05, 0) is 36.8 Å². The molecule has 78 valence electrons. The molecule has 2 nitrogen and oxygen atoms in total. The van der Waals surface area contributed by atoms with Crippen molar-refractivity contribution in [2.45, 2.75) is 6.92 Å². The first-order valence-electron chi connectivity index (χ1n) is 4.77. The molecule has 1 heterocycles. The maximum absolute atomic E-state index is 5.69. The highest BCUT2D eigenvalue weighted by molar-refractivity contribution is 9.10. The van der Waals surface area contributed by atoms with Crippen molar-refractivity contribution in [2.75, 3.05) is 6.54 Å². The van der Waals surface area contributed by atoms with Gasteiger partial charge in [0.25, 0.3) is 0 Å². The standard InChI is InChI=1S/C12H12BrNO/c1-8(4-5-14)12-7-9-6-10(13)2-3-11(9)15-12/h2-4,6-7H,5,14H2,1H3. The Kier molecular flexibility index (Phi) is 2.93. The SMILES string of the molecule is CC(=CCN)c1cc2cc(Br)ccc2o1. The molecule has 0 unspecified atom stereocenters. The van der Waals surface area contributed by atoms with E-state index in [-0.39, 0.29) is 0 Å². The second-order valence-corrected chi connectivity index (χ2v) is 4.33. The lowest BCUT2D eigenvalue weighted by Crippen LogP contribution is -1.93. The summed E-state index contributed by atoms with van der Waals surface area (Å²) in [6.45, 7) is 2.53. The molecule has 0 saturated carbocycles.